The minimum absolute atomic E-state index is 0.0498. The number of rotatable bonds is 3. The first-order valence-corrected chi connectivity index (χ1v) is 5.36. The minimum atomic E-state index is -0.309. The van der Waals surface area contributed by atoms with Crippen LogP contribution in [-0.4, -0.2) is 17.5 Å². The Balaban J connectivity index is 2.63. The highest BCUT2D eigenvalue weighted by Crippen LogP contribution is 2.30. The first kappa shape index (κ1) is 11.4. The molecule has 0 radical (unpaired) electrons. The normalized spacial score (nSPS) is 26.6. The zero-order valence-electron chi connectivity index (χ0n) is 9.43. The van der Waals surface area contributed by atoms with Crippen LogP contribution in [0.25, 0.3) is 0 Å². The number of carbonyl (C=O) groups is 1. The number of unbranched alkanes of at least 4 members (excludes halogenated alkanes) is 1. The fourth-order valence-corrected chi connectivity index (χ4v) is 1.80. The van der Waals surface area contributed by atoms with Gasteiger partial charge in [-0.1, -0.05) is 26.3 Å². The summed E-state index contributed by atoms with van der Waals surface area (Å²) in [7, 11) is 0. The van der Waals surface area contributed by atoms with Crippen LogP contribution in [0.4, 0.5) is 0 Å². The van der Waals surface area contributed by atoms with Crippen molar-refractivity contribution in [3.05, 3.63) is 12.2 Å². The fourth-order valence-electron chi connectivity index (χ4n) is 1.80. The molecular formula is C12H20O2. The van der Waals surface area contributed by atoms with Gasteiger partial charge in [0, 0.05) is 12.0 Å². The average molecular weight is 196 g/mol. The first-order valence-electron chi connectivity index (χ1n) is 5.36. The van der Waals surface area contributed by atoms with Crippen LogP contribution in [-0.2, 0) is 9.53 Å². The van der Waals surface area contributed by atoms with Crippen molar-refractivity contribution in [3.8, 4) is 0 Å². The van der Waals surface area contributed by atoms with Gasteiger partial charge in [-0.05, 0) is 20.3 Å². The molecular weight excluding hydrogens is 176 g/mol. The zero-order valence-corrected chi connectivity index (χ0v) is 9.43. The third kappa shape index (κ3) is 2.68. The van der Waals surface area contributed by atoms with Gasteiger partial charge in [0.05, 0.1) is 11.7 Å². The molecule has 2 heteroatoms. The van der Waals surface area contributed by atoms with E-state index in [0.717, 1.165) is 19.3 Å². The summed E-state index contributed by atoms with van der Waals surface area (Å²) in [5, 5.41) is 0. The van der Waals surface area contributed by atoms with Gasteiger partial charge in [0.25, 0.3) is 0 Å². The van der Waals surface area contributed by atoms with Crippen molar-refractivity contribution in [1.29, 1.82) is 0 Å². The van der Waals surface area contributed by atoms with Gasteiger partial charge in [0.15, 0.2) is 5.78 Å². The topological polar surface area (TPSA) is 26.3 Å². The van der Waals surface area contributed by atoms with Gasteiger partial charge < -0.3 is 4.74 Å². The number of carbonyl (C=O) groups excluding carboxylic acids is 1. The van der Waals surface area contributed by atoms with Crippen LogP contribution in [0, 0.1) is 0 Å². The molecule has 0 aromatic carbocycles. The minimum Gasteiger partial charge on any atom is -0.367 e. The molecule has 1 fully saturated rings. The van der Waals surface area contributed by atoms with Gasteiger partial charge in [-0.3, -0.25) is 4.79 Å². The molecule has 1 unspecified atom stereocenters. The van der Waals surface area contributed by atoms with Crippen molar-refractivity contribution in [2.75, 3.05) is 0 Å². The van der Waals surface area contributed by atoms with Crippen molar-refractivity contribution in [2.45, 2.75) is 58.2 Å². The number of Topliss-reactive ketones (excluding diaryl/α,β-unsaturated/α-hetero) is 1. The Bertz CT molecular complexity index is 241. The SMILES string of the molecule is C=C1C(=O)CC(C)(C)OC1CCCC. The van der Waals surface area contributed by atoms with Crippen molar-refractivity contribution in [3.63, 3.8) is 0 Å². The lowest BCUT2D eigenvalue weighted by Gasteiger charge is -2.36. The lowest BCUT2D eigenvalue weighted by atomic mass is 9.89. The summed E-state index contributed by atoms with van der Waals surface area (Å²) < 4.78 is 5.84. The van der Waals surface area contributed by atoms with Gasteiger partial charge in [0.2, 0.25) is 0 Å². The van der Waals surface area contributed by atoms with Crippen molar-refractivity contribution in [2.24, 2.45) is 0 Å². The summed E-state index contributed by atoms with van der Waals surface area (Å²) in [6.45, 7) is 9.90. The van der Waals surface area contributed by atoms with E-state index in [-0.39, 0.29) is 17.5 Å². The number of hydrogen-bond donors (Lipinski definition) is 0. The Hall–Kier alpha value is -0.630. The summed E-state index contributed by atoms with van der Waals surface area (Å²) >= 11 is 0. The Morgan fingerprint density at radius 2 is 2.21 bits per heavy atom. The molecule has 0 aliphatic carbocycles. The summed E-state index contributed by atoms with van der Waals surface area (Å²) in [6, 6.07) is 0. The maximum Gasteiger partial charge on any atom is 0.163 e. The van der Waals surface area contributed by atoms with Crippen LogP contribution in [0.2, 0.25) is 0 Å². The molecule has 0 spiro atoms. The Kier molecular flexibility index (Phi) is 3.48. The number of hydrogen-bond acceptors (Lipinski definition) is 2. The number of ether oxygens (including phenoxy) is 1. The van der Waals surface area contributed by atoms with Gasteiger partial charge >= 0.3 is 0 Å². The maximum absolute atomic E-state index is 11.6. The second-order valence-corrected chi connectivity index (χ2v) is 4.63. The summed E-state index contributed by atoms with van der Waals surface area (Å²) in [6.07, 6.45) is 3.56. The average Bonchev–Trinajstić information content (AvgIpc) is 2.08. The van der Waals surface area contributed by atoms with E-state index in [2.05, 4.69) is 13.5 Å². The standard InChI is InChI=1S/C12H20O2/c1-5-6-7-11-9(2)10(13)8-12(3,4)14-11/h11H,2,5-8H2,1,3-4H3. The highest BCUT2D eigenvalue weighted by molar-refractivity contribution is 5.97. The van der Waals surface area contributed by atoms with E-state index in [4.69, 9.17) is 4.74 Å². The van der Waals surface area contributed by atoms with Gasteiger partial charge in [-0.15, -0.1) is 0 Å². The molecule has 1 atom stereocenters. The third-order valence-corrected chi connectivity index (χ3v) is 2.61. The van der Waals surface area contributed by atoms with Crippen LogP contribution >= 0.6 is 0 Å². The molecule has 0 saturated carbocycles. The van der Waals surface area contributed by atoms with E-state index < -0.39 is 0 Å². The zero-order chi connectivity index (χ0) is 10.8. The monoisotopic (exact) mass is 196 g/mol. The van der Waals surface area contributed by atoms with Gasteiger partial charge in [-0.2, -0.15) is 0 Å². The lowest BCUT2D eigenvalue weighted by molar-refractivity contribution is -0.136. The molecule has 14 heavy (non-hydrogen) atoms. The van der Waals surface area contributed by atoms with E-state index in [1.165, 1.54) is 0 Å². The third-order valence-electron chi connectivity index (χ3n) is 2.61. The van der Waals surface area contributed by atoms with Crippen LogP contribution < -0.4 is 0 Å². The van der Waals surface area contributed by atoms with E-state index >= 15 is 0 Å². The molecule has 80 valence electrons. The summed E-state index contributed by atoms with van der Waals surface area (Å²) in [5.74, 6) is 0.169. The van der Waals surface area contributed by atoms with E-state index in [9.17, 15) is 4.79 Å². The quantitative estimate of drug-likeness (QED) is 0.649. The molecule has 1 aliphatic heterocycles. The first-order chi connectivity index (χ1) is 6.46. The second-order valence-electron chi connectivity index (χ2n) is 4.63. The predicted octanol–water partition coefficient (Wildman–Crippen LogP) is 2.87. The second kappa shape index (κ2) is 4.26. The largest absolute Gasteiger partial charge is 0.367 e. The Morgan fingerprint density at radius 3 is 2.79 bits per heavy atom. The molecule has 0 aromatic rings. The molecule has 0 aromatic heterocycles. The summed E-state index contributed by atoms with van der Waals surface area (Å²) in [4.78, 5) is 11.6. The number of ketones is 1. The van der Waals surface area contributed by atoms with Gasteiger partial charge in [-0.25, -0.2) is 0 Å². The molecule has 2 nitrogen and oxygen atoms in total. The highest BCUT2D eigenvalue weighted by atomic mass is 16.5. The van der Waals surface area contributed by atoms with Gasteiger partial charge in [0.1, 0.15) is 0 Å². The molecule has 0 bridgehead atoms. The van der Waals surface area contributed by atoms with Crippen LogP contribution in [0.5, 0.6) is 0 Å². The molecule has 1 rings (SSSR count). The fraction of sp³-hybridized carbons (Fsp3) is 0.750. The molecule has 1 saturated heterocycles. The predicted molar refractivity (Wildman–Crippen MR) is 57.2 cm³/mol. The highest BCUT2D eigenvalue weighted by Gasteiger charge is 2.35. The van der Waals surface area contributed by atoms with Crippen molar-refractivity contribution >= 4 is 5.78 Å². The lowest BCUT2D eigenvalue weighted by Crippen LogP contribution is -2.41. The van der Waals surface area contributed by atoms with Crippen LogP contribution in [0.1, 0.15) is 46.5 Å². The maximum atomic E-state index is 11.6. The van der Waals surface area contributed by atoms with E-state index in [1.807, 2.05) is 13.8 Å². The molecule has 1 heterocycles. The molecule has 0 N–H and O–H groups in total. The van der Waals surface area contributed by atoms with Crippen molar-refractivity contribution in [1.82, 2.24) is 0 Å². The van der Waals surface area contributed by atoms with E-state index in [0.29, 0.717) is 12.0 Å². The Labute approximate surface area is 86.3 Å². The van der Waals surface area contributed by atoms with Crippen LogP contribution in [0.3, 0.4) is 0 Å². The Morgan fingerprint density at radius 1 is 1.57 bits per heavy atom. The molecule has 1 aliphatic rings. The van der Waals surface area contributed by atoms with Crippen LogP contribution in [0.15, 0.2) is 12.2 Å². The smallest absolute Gasteiger partial charge is 0.163 e. The summed E-state index contributed by atoms with van der Waals surface area (Å²) in [5.41, 5.74) is 0.356. The van der Waals surface area contributed by atoms with E-state index in [1.54, 1.807) is 0 Å². The van der Waals surface area contributed by atoms with Crippen molar-refractivity contribution < 1.29 is 9.53 Å². The molecule has 0 amide bonds.